The van der Waals surface area contributed by atoms with Gasteiger partial charge in [0.25, 0.3) is 0 Å². The van der Waals surface area contributed by atoms with Gasteiger partial charge in [0, 0.05) is 7.05 Å². The highest BCUT2D eigenvalue weighted by Gasteiger charge is 2.17. The molecule has 13 heavy (non-hydrogen) atoms. The van der Waals surface area contributed by atoms with E-state index in [9.17, 15) is 9.59 Å². The first kappa shape index (κ1) is 11.4. The molecule has 0 spiro atoms. The number of nitrogens with one attached hydrogen (secondary N) is 2. The van der Waals surface area contributed by atoms with E-state index in [0.717, 1.165) is 0 Å². The van der Waals surface area contributed by atoms with Gasteiger partial charge in [0.1, 0.15) is 12.0 Å². The Kier molecular flexibility index (Phi) is 4.52. The average Bonchev–Trinajstić information content (AvgIpc) is 2.14. The smallest absolute Gasteiger partial charge is 0.242 e. The molecular formula is C8H13N3O2. The van der Waals surface area contributed by atoms with Crippen LogP contribution in [0.15, 0.2) is 0 Å². The predicted octanol–water partition coefficient (Wildman–Crippen LogP) is -0.603. The Morgan fingerprint density at radius 1 is 1.31 bits per heavy atom. The van der Waals surface area contributed by atoms with Crippen LogP contribution in [0.5, 0.6) is 0 Å². The monoisotopic (exact) mass is 183 g/mol. The molecule has 5 heteroatoms. The summed E-state index contributed by atoms with van der Waals surface area (Å²) in [4.78, 5) is 22.0. The fourth-order valence-electron chi connectivity index (χ4n) is 0.679. The zero-order valence-corrected chi connectivity index (χ0v) is 7.92. The number of carbonyl (C=O) groups is 2. The molecule has 2 unspecified atom stereocenters. The van der Waals surface area contributed by atoms with Crippen molar-refractivity contribution in [2.75, 3.05) is 7.05 Å². The molecule has 0 aromatic rings. The molecule has 0 heterocycles. The van der Waals surface area contributed by atoms with Gasteiger partial charge in [-0.25, -0.2) is 0 Å². The molecule has 0 saturated carbocycles. The van der Waals surface area contributed by atoms with E-state index in [4.69, 9.17) is 5.26 Å². The van der Waals surface area contributed by atoms with Gasteiger partial charge in [0.2, 0.25) is 11.8 Å². The van der Waals surface area contributed by atoms with E-state index in [-0.39, 0.29) is 5.91 Å². The molecular weight excluding hydrogens is 170 g/mol. The Hall–Kier alpha value is -1.57. The molecule has 0 aliphatic carbocycles. The van der Waals surface area contributed by atoms with Crippen molar-refractivity contribution in [1.82, 2.24) is 10.6 Å². The predicted molar refractivity (Wildman–Crippen MR) is 46.4 cm³/mol. The summed E-state index contributed by atoms with van der Waals surface area (Å²) in [5, 5.41) is 13.2. The van der Waals surface area contributed by atoms with Gasteiger partial charge in [-0.2, -0.15) is 5.26 Å². The topological polar surface area (TPSA) is 82.0 Å². The third-order valence-corrected chi connectivity index (χ3v) is 1.59. The highest BCUT2D eigenvalue weighted by atomic mass is 16.2. The fourth-order valence-corrected chi connectivity index (χ4v) is 0.679. The second-order valence-electron chi connectivity index (χ2n) is 2.70. The maximum Gasteiger partial charge on any atom is 0.242 e. The van der Waals surface area contributed by atoms with E-state index < -0.39 is 17.9 Å². The normalized spacial score (nSPS) is 13.7. The van der Waals surface area contributed by atoms with E-state index in [1.54, 1.807) is 13.0 Å². The van der Waals surface area contributed by atoms with Crippen LogP contribution in [-0.2, 0) is 9.59 Å². The van der Waals surface area contributed by atoms with Gasteiger partial charge in [-0.1, -0.05) is 0 Å². The van der Waals surface area contributed by atoms with Crippen LogP contribution < -0.4 is 10.6 Å². The lowest BCUT2D eigenvalue weighted by atomic mass is 10.2. The van der Waals surface area contributed by atoms with Crippen LogP contribution in [0.2, 0.25) is 0 Å². The van der Waals surface area contributed by atoms with Crippen molar-refractivity contribution < 1.29 is 9.59 Å². The average molecular weight is 183 g/mol. The first-order valence-electron chi connectivity index (χ1n) is 3.94. The molecule has 0 radical (unpaired) electrons. The van der Waals surface area contributed by atoms with Gasteiger partial charge in [0.15, 0.2) is 0 Å². The van der Waals surface area contributed by atoms with Crippen LogP contribution in [0.25, 0.3) is 0 Å². The van der Waals surface area contributed by atoms with Crippen LogP contribution in [0, 0.1) is 17.2 Å². The standard InChI is InChI=1S/C8H13N3O2/c1-5(4-9)7(12)11-6(2)8(13)10-3/h5-6H,1-3H3,(H,10,13)(H,11,12). The van der Waals surface area contributed by atoms with Crippen LogP contribution in [-0.4, -0.2) is 24.9 Å². The van der Waals surface area contributed by atoms with Gasteiger partial charge in [0.05, 0.1) is 6.07 Å². The van der Waals surface area contributed by atoms with Gasteiger partial charge >= 0.3 is 0 Å². The molecule has 0 aliphatic rings. The number of nitriles is 1. The van der Waals surface area contributed by atoms with E-state index in [1.807, 2.05) is 0 Å². The lowest BCUT2D eigenvalue weighted by Gasteiger charge is -2.12. The number of carbonyl (C=O) groups excluding carboxylic acids is 2. The van der Waals surface area contributed by atoms with Crippen LogP contribution >= 0.6 is 0 Å². The summed E-state index contributed by atoms with van der Waals surface area (Å²) in [6.07, 6.45) is 0. The number of nitrogens with zero attached hydrogens (tertiary/aromatic N) is 1. The van der Waals surface area contributed by atoms with Crippen LogP contribution in [0.3, 0.4) is 0 Å². The third kappa shape index (κ3) is 3.56. The zero-order valence-electron chi connectivity index (χ0n) is 7.92. The maximum atomic E-state index is 11.1. The van der Waals surface area contributed by atoms with Gasteiger partial charge < -0.3 is 10.6 Å². The quantitative estimate of drug-likeness (QED) is 0.612. The van der Waals surface area contributed by atoms with Crippen molar-refractivity contribution in [3.63, 3.8) is 0 Å². The van der Waals surface area contributed by atoms with E-state index in [0.29, 0.717) is 0 Å². The largest absolute Gasteiger partial charge is 0.357 e. The fraction of sp³-hybridized carbons (Fsp3) is 0.625. The Bertz CT molecular complexity index is 244. The van der Waals surface area contributed by atoms with Gasteiger partial charge in [-0.05, 0) is 13.8 Å². The molecule has 0 bridgehead atoms. The minimum absolute atomic E-state index is 0.279. The van der Waals surface area contributed by atoms with Gasteiger partial charge in [-0.15, -0.1) is 0 Å². The number of rotatable bonds is 3. The van der Waals surface area contributed by atoms with Crippen LogP contribution in [0.4, 0.5) is 0 Å². The molecule has 0 rings (SSSR count). The third-order valence-electron chi connectivity index (χ3n) is 1.59. The molecule has 0 saturated heterocycles. The number of amides is 2. The number of hydrogen-bond donors (Lipinski definition) is 2. The van der Waals surface area contributed by atoms with Crippen molar-refractivity contribution in [1.29, 1.82) is 5.26 Å². The Morgan fingerprint density at radius 3 is 2.23 bits per heavy atom. The van der Waals surface area contributed by atoms with E-state index >= 15 is 0 Å². The van der Waals surface area contributed by atoms with Crippen molar-refractivity contribution in [2.24, 2.45) is 5.92 Å². The minimum Gasteiger partial charge on any atom is -0.357 e. The van der Waals surface area contributed by atoms with Crippen LogP contribution in [0.1, 0.15) is 13.8 Å². The molecule has 72 valence electrons. The zero-order chi connectivity index (χ0) is 10.4. The molecule has 0 fully saturated rings. The van der Waals surface area contributed by atoms with Crippen molar-refractivity contribution in [3.05, 3.63) is 0 Å². The Morgan fingerprint density at radius 2 is 1.85 bits per heavy atom. The summed E-state index contributed by atoms with van der Waals surface area (Å²) in [5.74, 6) is -1.44. The summed E-state index contributed by atoms with van der Waals surface area (Å²) in [7, 11) is 1.48. The number of hydrogen-bond acceptors (Lipinski definition) is 3. The SMILES string of the molecule is CNC(=O)C(C)NC(=O)C(C)C#N. The van der Waals surface area contributed by atoms with Crippen molar-refractivity contribution >= 4 is 11.8 Å². The van der Waals surface area contributed by atoms with E-state index in [2.05, 4.69) is 10.6 Å². The van der Waals surface area contributed by atoms with Gasteiger partial charge in [-0.3, -0.25) is 9.59 Å². The molecule has 2 atom stereocenters. The molecule has 0 aromatic heterocycles. The minimum atomic E-state index is -0.730. The molecule has 0 aromatic carbocycles. The Labute approximate surface area is 77.1 Å². The van der Waals surface area contributed by atoms with E-state index in [1.165, 1.54) is 14.0 Å². The molecule has 2 N–H and O–H groups in total. The summed E-state index contributed by atoms with van der Waals surface area (Å²) in [6.45, 7) is 3.03. The first-order chi connectivity index (χ1) is 6.02. The lowest BCUT2D eigenvalue weighted by Crippen LogP contribution is -2.45. The summed E-state index contributed by atoms with van der Waals surface area (Å²) < 4.78 is 0. The summed E-state index contributed by atoms with van der Waals surface area (Å²) in [6, 6.07) is 1.18. The second kappa shape index (κ2) is 5.14. The Balaban J connectivity index is 4.08. The first-order valence-corrected chi connectivity index (χ1v) is 3.94. The second-order valence-corrected chi connectivity index (χ2v) is 2.70. The maximum absolute atomic E-state index is 11.1. The van der Waals surface area contributed by atoms with Crippen molar-refractivity contribution in [2.45, 2.75) is 19.9 Å². The molecule has 0 aliphatic heterocycles. The highest BCUT2D eigenvalue weighted by molar-refractivity contribution is 5.88. The summed E-state index contributed by atoms with van der Waals surface area (Å²) in [5.41, 5.74) is 0. The lowest BCUT2D eigenvalue weighted by molar-refractivity contribution is -0.129. The molecule has 2 amide bonds. The highest BCUT2D eigenvalue weighted by Crippen LogP contribution is 1.92. The number of likely N-dealkylation sites (N-methyl/N-ethyl adjacent to an activating group) is 1. The molecule has 5 nitrogen and oxygen atoms in total. The van der Waals surface area contributed by atoms with Crippen molar-refractivity contribution in [3.8, 4) is 6.07 Å². The summed E-state index contributed by atoms with van der Waals surface area (Å²) >= 11 is 0.